The Balaban J connectivity index is 1.58. The van der Waals surface area contributed by atoms with Gasteiger partial charge in [0, 0.05) is 36.7 Å². The molecule has 1 saturated carbocycles. The average Bonchev–Trinajstić information content (AvgIpc) is 3.31. The van der Waals surface area contributed by atoms with Gasteiger partial charge in [0.05, 0.1) is 4.92 Å². The van der Waals surface area contributed by atoms with Crippen LogP contribution in [-0.2, 0) is 0 Å². The maximum atomic E-state index is 11.3. The van der Waals surface area contributed by atoms with E-state index in [2.05, 4.69) is 15.1 Å². The SMILES string of the molecule is Cc1ccc([N+](=O)[O-])c(N2CCC[C@H](c3noc(C4CC4)n3)C2)n1. The van der Waals surface area contributed by atoms with E-state index in [0.717, 1.165) is 49.6 Å². The van der Waals surface area contributed by atoms with Crippen LogP contribution in [0.25, 0.3) is 0 Å². The van der Waals surface area contributed by atoms with E-state index in [1.54, 1.807) is 6.07 Å². The minimum absolute atomic E-state index is 0.0491. The van der Waals surface area contributed by atoms with E-state index in [9.17, 15) is 10.1 Å². The summed E-state index contributed by atoms with van der Waals surface area (Å²) in [7, 11) is 0. The highest BCUT2D eigenvalue weighted by Crippen LogP contribution is 2.40. The van der Waals surface area contributed by atoms with Gasteiger partial charge in [-0.1, -0.05) is 5.16 Å². The molecule has 3 heterocycles. The lowest BCUT2D eigenvalue weighted by Crippen LogP contribution is -2.35. The summed E-state index contributed by atoms with van der Waals surface area (Å²) in [5, 5.41) is 15.4. The molecule has 1 saturated heterocycles. The number of aromatic nitrogens is 3. The van der Waals surface area contributed by atoms with Crippen molar-refractivity contribution in [1.29, 1.82) is 0 Å². The minimum Gasteiger partial charge on any atom is -0.350 e. The summed E-state index contributed by atoms with van der Waals surface area (Å²) in [6, 6.07) is 3.20. The van der Waals surface area contributed by atoms with Gasteiger partial charge in [-0.15, -0.1) is 0 Å². The maximum absolute atomic E-state index is 11.3. The lowest BCUT2D eigenvalue weighted by Gasteiger charge is -2.31. The Morgan fingerprint density at radius 3 is 2.83 bits per heavy atom. The molecule has 0 N–H and O–H groups in total. The topological polar surface area (TPSA) is 98.2 Å². The number of piperidine rings is 1. The molecule has 2 aliphatic rings. The molecule has 0 radical (unpaired) electrons. The predicted octanol–water partition coefficient (Wildman–Crippen LogP) is 2.94. The average molecular weight is 329 g/mol. The van der Waals surface area contributed by atoms with Crippen molar-refractivity contribution in [1.82, 2.24) is 15.1 Å². The van der Waals surface area contributed by atoms with E-state index in [-0.39, 0.29) is 16.5 Å². The monoisotopic (exact) mass is 329 g/mol. The van der Waals surface area contributed by atoms with Gasteiger partial charge in [0.2, 0.25) is 11.7 Å². The van der Waals surface area contributed by atoms with Gasteiger partial charge in [-0.2, -0.15) is 4.98 Å². The number of nitrogens with zero attached hydrogens (tertiary/aromatic N) is 5. The summed E-state index contributed by atoms with van der Waals surface area (Å²) >= 11 is 0. The molecule has 0 amide bonds. The first-order chi connectivity index (χ1) is 11.6. The standard InChI is InChI=1S/C16H19N5O3/c1-10-4-7-13(21(22)23)15(17-10)20-8-2-3-12(9-20)14-18-16(24-19-14)11-5-6-11/h4,7,11-12H,2-3,5-6,8-9H2,1H3/t12-/m0/s1. The molecule has 1 aliphatic carbocycles. The van der Waals surface area contributed by atoms with E-state index >= 15 is 0 Å². The molecule has 0 spiro atoms. The zero-order valence-electron chi connectivity index (χ0n) is 13.5. The van der Waals surface area contributed by atoms with Crippen molar-refractivity contribution in [3.05, 3.63) is 39.7 Å². The van der Waals surface area contributed by atoms with Crippen LogP contribution in [0.2, 0.25) is 0 Å². The van der Waals surface area contributed by atoms with Crippen molar-refractivity contribution < 1.29 is 9.45 Å². The van der Waals surface area contributed by atoms with Crippen LogP contribution in [-0.4, -0.2) is 33.1 Å². The van der Waals surface area contributed by atoms with Crippen molar-refractivity contribution in [2.75, 3.05) is 18.0 Å². The maximum Gasteiger partial charge on any atom is 0.311 e. The Morgan fingerprint density at radius 2 is 2.08 bits per heavy atom. The fraction of sp³-hybridized carbons (Fsp3) is 0.562. The second-order valence-electron chi connectivity index (χ2n) is 6.60. The Morgan fingerprint density at radius 1 is 1.25 bits per heavy atom. The molecule has 0 aromatic carbocycles. The summed E-state index contributed by atoms with van der Waals surface area (Å²) in [4.78, 5) is 21.9. The lowest BCUT2D eigenvalue weighted by atomic mass is 9.97. The van der Waals surface area contributed by atoms with Crippen LogP contribution in [0.15, 0.2) is 16.7 Å². The minimum atomic E-state index is -0.370. The van der Waals surface area contributed by atoms with Crippen LogP contribution in [0, 0.1) is 17.0 Å². The van der Waals surface area contributed by atoms with Gasteiger partial charge in [-0.25, -0.2) is 4.98 Å². The fourth-order valence-corrected chi connectivity index (χ4v) is 3.20. The molecule has 1 aliphatic heterocycles. The summed E-state index contributed by atoms with van der Waals surface area (Å²) in [6.07, 6.45) is 4.13. The normalized spacial score (nSPS) is 21.0. The molecule has 8 nitrogen and oxygen atoms in total. The van der Waals surface area contributed by atoms with Crippen molar-refractivity contribution in [3.63, 3.8) is 0 Å². The third-order valence-electron chi connectivity index (χ3n) is 4.66. The van der Waals surface area contributed by atoms with Gasteiger partial charge >= 0.3 is 5.69 Å². The highest BCUT2D eigenvalue weighted by Gasteiger charge is 2.33. The molecular formula is C16H19N5O3. The zero-order valence-corrected chi connectivity index (χ0v) is 13.5. The van der Waals surface area contributed by atoms with Crippen LogP contribution < -0.4 is 4.90 Å². The molecule has 0 unspecified atom stereocenters. The predicted molar refractivity (Wildman–Crippen MR) is 86.1 cm³/mol. The number of hydrogen-bond acceptors (Lipinski definition) is 7. The highest BCUT2D eigenvalue weighted by atomic mass is 16.6. The summed E-state index contributed by atoms with van der Waals surface area (Å²) in [6.45, 7) is 3.22. The molecule has 2 aromatic heterocycles. The molecule has 24 heavy (non-hydrogen) atoms. The molecule has 4 rings (SSSR count). The molecule has 126 valence electrons. The molecule has 2 fully saturated rings. The lowest BCUT2D eigenvalue weighted by molar-refractivity contribution is -0.384. The van der Waals surface area contributed by atoms with Crippen molar-refractivity contribution in [3.8, 4) is 0 Å². The third kappa shape index (κ3) is 2.83. The Kier molecular flexibility index (Phi) is 3.66. The number of anilines is 1. The Labute approximate surface area is 139 Å². The van der Waals surface area contributed by atoms with Gasteiger partial charge < -0.3 is 9.42 Å². The van der Waals surface area contributed by atoms with E-state index in [1.807, 2.05) is 11.8 Å². The van der Waals surface area contributed by atoms with Crippen LogP contribution >= 0.6 is 0 Å². The number of rotatable bonds is 4. The number of nitro groups is 1. The molecule has 1 atom stereocenters. The third-order valence-corrected chi connectivity index (χ3v) is 4.66. The zero-order chi connectivity index (χ0) is 16.7. The van der Waals surface area contributed by atoms with Crippen LogP contribution in [0.5, 0.6) is 0 Å². The first-order valence-electron chi connectivity index (χ1n) is 8.32. The van der Waals surface area contributed by atoms with E-state index < -0.39 is 0 Å². The smallest absolute Gasteiger partial charge is 0.311 e. The van der Waals surface area contributed by atoms with E-state index in [4.69, 9.17) is 4.52 Å². The Bertz CT molecular complexity index is 771. The van der Waals surface area contributed by atoms with Gasteiger partial charge in [0.15, 0.2) is 5.82 Å². The first-order valence-corrected chi connectivity index (χ1v) is 8.32. The molecule has 8 heteroatoms. The highest BCUT2D eigenvalue weighted by molar-refractivity contribution is 5.58. The summed E-state index contributed by atoms with van der Waals surface area (Å²) in [5.74, 6) is 2.46. The first kappa shape index (κ1) is 15.0. The largest absolute Gasteiger partial charge is 0.350 e. The van der Waals surface area contributed by atoms with E-state index in [1.165, 1.54) is 6.07 Å². The van der Waals surface area contributed by atoms with Crippen molar-refractivity contribution in [2.24, 2.45) is 0 Å². The van der Waals surface area contributed by atoms with E-state index in [0.29, 0.717) is 18.3 Å². The molecule has 0 bridgehead atoms. The van der Waals surface area contributed by atoms with Crippen LogP contribution in [0.1, 0.15) is 54.9 Å². The number of aryl methyl sites for hydroxylation is 1. The van der Waals surface area contributed by atoms with Gasteiger partial charge in [0.1, 0.15) is 0 Å². The molecular weight excluding hydrogens is 310 g/mol. The fourth-order valence-electron chi connectivity index (χ4n) is 3.20. The van der Waals surface area contributed by atoms with Crippen LogP contribution in [0.3, 0.4) is 0 Å². The van der Waals surface area contributed by atoms with Gasteiger partial charge in [0.25, 0.3) is 0 Å². The molecule has 2 aromatic rings. The number of pyridine rings is 1. The van der Waals surface area contributed by atoms with Gasteiger partial charge in [-0.05, 0) is 38.7 Å². The second-order valence-corrected chi connectivity index (χ2v) is 6.60. The quantitative estimate of drug-likeness (QED) is 0.628. The number of hydrogen-bond donors (Lipinski definition) is 0. The summed E-state index contributed by atoms with van der Waals surface area (Å²) in [5.41, 5.74) is 0.821. The van der Waals surface area contributed by atoms with Crippen molar-refractivity contribution >= 4 is 11.5 Å². The second kappa shape index (κ2) is 5.85. The Hall–Kier alpha value is -2.51. The summed E-state index contributed by atoms with van der Waals surface area (Å²) < 4.78 is 5.36. The van der Waals surface area contributed by atoms with Gasteiger partial charge in [-0.3, -0.25) is 10.1 Å². The van der Waals surface area contributed by atoms with Crippen molar-refractivity contribution in [2.45, 2.75) is 44.4 Å². The van der Waals surface area contributed by atoms with Crippen LogP contribution in [0.4, 0.5) is 11.5 Å².